The summed E-state index contributed by atoms with van der Waals surface area (Å²) >= 11 is 0. The molecular formula is C21H28O5. The largest absolute Gasteiger partial charge is 0.497 e. The number of hydrogen-bond acceptors (Lipinski definition) is 5. The van der Waals surface area contributed by atoms with Crippen molar-refractivity contribution in [1.82, 2.24) is 0 Å². The zero-order chi connectivity index (χ0) is 19.1. The Labute approximate surface area is 155 Å². The molecule has 0 radical (unpaired) electrons. The molecule has 0 spiro atoms. The molecule has 0 aliphatic carbocycles. The van der Waals surface area contributed by atoms with Crippen LogP contribution in [-0.2, 0) is 9.53 Å². The lowest BCUT2D eigenvalue weighted by molar-refractivity contribution is -0.119. The summed E-state index contributed by atoms with van der Waals surface area (Å²) < 4.78 is 16.3. The van der Waals surface area contributed by atoms with Crippen LogP contribution in [0, 0.1) is 5.92 Å². The van der Waals surface area contributed by atoms with E-state index in [0.29, 0.717) is 41.9 Å². The lowest BCUT2D eigenvalue weighted by atomic mass is 9.97. The van der Waals surface area contributed by atoms with Crippen LogP contribution in [0.3, 0.4) is 0 Å². The second-order valence-corrected chi connectivity index (χ2v) is 6.82. The Morgan fingerprint density at radius 3 is 2.50 bits per heavy atom. The molecule has 1 aliphatic rings. The Bertz CT molecular complexity index is 677. The first kappa shape index (κ1) is 20.0. The minimum absolute atomic E-state index is 0.224. The van der Waals surface area contributed by atoms with Gasteiger partial charge in [-0.15, -0.1) is 0 Å². The van der Waals surface area contributed by atoms with Gasteiger partial charge in [0.15, 0.2) is 0 Å². The second kappa shape index (κ2) is 9.41. The van der Waals surface area contributed by atoms with Gasteiger partial charge in [-0.25, -0.2) is 4.79 Å². The van der Waals surface area contributed by atoms with Crippen molar-refractivity contribution in [2.24, 2.45) is 5.92 Å². The lowest BCUT2D eigenvalue weighted by Crippen LogP contribution is -2.17. The zero-order valence-electron chi connectivity index (χ0n) is 16.0. The molecule has 0 aromatic heterocycles. The third-order valence-corrected chi connectivity index (χ3v) is 4.62. The van der Waals surface area contributed by atoms with E-state index in [0.717, 1.165) is 12.8 Å². The molecule has 1 aromatic rings. The number of rotatable bonds is 2. The van der Waals surface area contributed by atoms with E-state index in [4.69, 9.17) is 14.2 Å². The fourth-order valence-electron chi connectivity index (χ4n) is 3.00. The minimum atomic E-state index is -0.423. The fourth-order valence-corrected chi connectivity index (χ4v) is 3.00. The van der Waals surface area contributed by atoms with Crippen molar-refractivity contribution in [2.75, 3.05) is 14.2 Å². The predicted octanol–water partition coefficient (Wildman–Crippen LogP) is 4.43. The van der Waals surface area contributed by atoms with Gasteiger partial charge in [0.25, 0.3) is 0 Å². The molecule has 26 heavy (non-hydrogen) atoms. The van der Waals surface area contributed by atoms with Gasteiger partial charge in [-0.2, -0.15) is 0 Å². The first-order valence-electron chi connectivity index (χ1n) is 9.11. The molecule has 0 N–H and O–H groups in total. The van der Waals surface area contributed by atoms with E-state index in [1.165, 1.54) is 7.11 Å². The van der Waals surface area contributed by atoms with Gasteiger partial charge in [-0.05, 0) is 43.7 Å². The van der Waals surface area contributed by atoms with Crippen LogP contribution in [0.1, 0.15) is 61.9 Å². The summed E-state index contributed by atoms with van der Waals surface area (Å²) in [5, 5.41) is 0. The summed E-state index contributed by atoms with van der Waals surface area (Å²) in [5.74, 6) is 1.10. The molecule has 1 aromatic carbocycles. The van der Waals surface area contributed by atoms with E-state index in [1.807, 2.05) is 19.1 Å². The van der Waals surface area contributed by atoms with Crippen LogP contribution in [0.2, 0.25) is 0 Å². The highest BCUT2D eigenvalue weighted by Gasteiger charge is 2.22. The normalized spacial score (nSPS) is 23.4. The average Bonchev–Trinajstić information content (AvgIpc) is 2.62. The molecule has 0 saturated carbocycles. The van der Waals surface area contributed by atoms with Gasteiger partial charge < -0.3 is 14.2 Å². The average molecular weight is 360 g/mol. The predicted molar refractivity (Wildman–Crippen MR) is 101 cm³/mol. The fraction of sp³-hybridized carbons (Fsp3) is 0.524. The number of ether oxygens (including phenoxy) is 3. The van der Waals surface area contributed by atoms with Crippen LogP contribution in [0.15, 0.2) is 18.2 Å². The van der Waals surface area contributed by atoms with E-state index in [2.05, 4.69) is 6.92 Å². The van der Waals surface area contributed by atoms with E-state index in [1.54, 1.807) is 19.2 Å². The molecule has 0 bridgehead atoms. The van der Waals surface area contributed by atoms with Crippen LogP contribution in [0.5, 0.6) is 11.5 Å². The number of carbonyl (C=O) groups is 2. The van der Waals surface area contributed by atoms with Crippen molar-refractivity contribution < 1.29 is 23.8 Å². The first-order chi connectivity index (χ1) is 12.4. The first-order valence-corrected chi connectivity index (χ1v) is 9.11. The van der Waals surface area contributed by atoms with Crippen molar-refractivity contribution in [1.29, 1.82) is 0 Å². The molecule has 5 nitrogen and oxygen atoms in total. The van der Waals surface area contributed by atoms with Crippen molar-refractivity contribution in [3.05, 3.63) is 29.3 Å². The number of benzene rings is 1. The highest BCUT2D eigenvalue weighted by molar-refractivity contribution is 5.97. The maximum atomic E-state index is 12.8. The van der Waals surface area contributed by atoms with Gasteiger partial charge in [0.05, 0.1) is 20.3 Å². The Morgan fingerprint density at radius 2 is 1.81 bits per heavy atom. The van der Waals surface area contributed by atoms with Crippen molar-refractivity contribution in [3.8, 4) is 11.5 Å². The third-order valence-electron chi connectivity index (χ3n) is 4.62. The maximum Gasteiger partial charge on any atom is 0.342 e. The number of ketones is 1. The van der Waals surface area contributed by atoms with Crippen molar-refractivity contribution in [2.45, 2.75) is 52.1 Å². The van der Waals surface area contributed by atoms with Gasteiger partial charge in [0, 0.05) is 18.9 Å². The van der Waals surface area contributed by atoms with Gasteiger partial charge in [-0.1, -0.05) is 19.1 Å². The third kappa shape index (κ3) is 5.35. The number of methoxy groups -OCH3 is 2. The lowest BCUT2D eigenvalue weighted by Gasteiger charge is -2.18. The summed E-state index contributed by atoms with van der Waals surface area (Å²) in [5.41, 5.74) is 1.09. The summed E-state index contributed by atoms with van der Waals surface area (Å²) in [6, 6.07) is 3.48. The van der Waals surface area contributed by atoms with E-state index >= 15 is 0 Å². The molecule has 1 aliphatic heterocycles. The number of hydrogen-bond donors (Lipinski definition) is 0. The molecule has 5 heteroatoms. The van der Waals surface area contributed by atoms with E-state index < -0.39 is 5.97 Å². The van der Waals surface area contributed by atoms with Crippen LogP contribution in [-0.4, -0.2) is 32.1 Å². The molecule has 142 valence electrons. The Kier molecular flexibility index (Phi) is 7.25. The molecule has 2 atom stereocenters. The molecule has 2 rings (SSSR count). The molecule has 1 heterocycles. The second-order valence-electron chi connectivity index (χ2n) is 6.82. The van der Waals surface area contributed by atoms with Crippen LogP contribution < -0.4 is 9.47 Å². The van der Waals surface area contributed by atoms with Gasteiger partial charge in [0.2, 0.25) is 0 Å². The Balaban J connectivity index is 2.45. The molecular weight excluding hydrogens is 332 g/mol. The van der Waals surface area contributed by atoms with Gasteiger partial charge >= 0.3 is 5.97 Å². The Morgan fingerprint density at radius 1 is 1.04 bits per heavy atom. The standard InChI is InChI=1S/C21H28O5/c1-14-8-10-16-12-18(24-3)13-19(25-4)20(16)21(23)26-15(2)6-5-7-17(22)11-9-14/h8,10,12-15H,5-7,9,11H2,1-4H3/b10-8+/t14-,15-/m1/s1. The number of cyclic esters (lactones) is 1. The smallest absolute Gasteiger partial charge is 0.342 e. The molecule has 0 fully saturated rings. The maximum absolute atomic E-state index is 12.8. The Hall–Kier alpha value is -2.30. The number of esters is 1. The van der Waals surface area contributed by atoms with Crippen molar-refractivity contribution >= 4 is 17.8 Å². The van der Waals surface area contributed by atoms with Gasteiger partial charge in [0.1, 0.15) is 22.8 Å². The minimum Gasteiger partial charge on any atom is -0.497 e. The van der Waals surface area contributed by atoms with Crippen molar-refractivity contribution in [3.63, 3.8) is 0 Å². The zero-order valence-corrected chi connectivity index (χ0v) is 16.0. The summed E-state index contributed by atoms with van der Waals surface area (Å²) in [6.45, 7) is 3.91. The summed E-state index contributed by atoms with van der Waals surface area (Å²) in [6.07, 6.45) is 6.93. The van der Waals surface area contributed by atoms with E-state index in [9.17, 15) is 9.59 Å². The number of Topliss-reactive ketones (excluding diaryl/α,β-unsaturated/α-hetero) is 1. The quantitative estimate of drug-likeness (QED) is 0.730. The SMILES string of the molecule is COc1cc2c(c(OC)c1)C(=O)O[C@H](C)CCCC(=O)CC[C@H](C)/C=C/2. The molecule has 0 unspecified atom stereocenters. The monoisotopic (exact) mass is 360 g/mol. The molecule has 0 amide bonds. The molecule has 0 saturated heterocycles. The number of allylic oxidation sites excluding steroid dienone is 1. The van der Waals surface area contributed by atoms with Gasteiger partial charge in [-0.3, -0.25) is 4.79 Å². The summed E-state index contributed by atoms with van der Waals surface area (Å²) in [4.78, 5) is 24.7. The number of fused-ring (bicyclic) bond motifs is 1. The number of carbonyl (C=O) groups excluding carboxylic acids is 2. The highest BCUT2D eigenvalue weighted by atomic mass is 16.5. The summed E-state index contributed by atoms with van der Waals surface area (Å²) in [7, 11) is 3.09. The van der Waals surface area contributed by atoms with Crippen LogP contribution in [0.4, 0.5) is 0 Å². The van der Waals surface area contributed by atoms with Crippen LogP contribution in [0.25, 0.3) is 6.08 Å². The van der Waals surface area contributed by atoms with Crippen LogP contribution >= 0.6 is 0 Å². The topological polar surface area (TPSA) is 61.8 Å². The van der Waals surface area contributed by atoms with E-state index in [-0.39, 0.29) is 17.8 Å². The highest BCUT2D eigenvalue weighted by Crippen LogP contribution is 2.31.